The molecule has 7 heteroatoms. The average Bonchev–Trinajstić information content (AvgIpc) is 2.11. The maximum absolute atomic E-state index is 12.1. The predicted octanol–water partition coefficient (Wildman–Crippen LogP) is 3.35. The first-order valence-corrected chi connectivity index (χ1v) is 5.38. The summed E-state index contributed by atoms with van der Waals surface area (Å²) < 4.78 is 24.6. The minimum absolute atomic E-state index is 0.242. The molecule has 0 aliphatic rings. The highest BCUT2D eigenvalue weighted by Crippen LogP contribution is 2.26. The summed E-state index contributed by atoms with van der Waals surface area (Å²) in [7, 11) is 0. The van der Waals surface area contributed by atoms with Crippen molar-refractivity contribution in [2.45, 2.75) is 25.8 Å². The Morgan fingerprint density at radius 3 is 2.80 bits per heavy atom. The van der Waals surface area contributed by atoms with Gasteiger partial charge in [-0.15, -0.1) is 0 Å². The van der Waals surface area contributed by atoms with Crippen molar-refractivity contribution in [1.29, 1.82) is 0 Å². The molecule has 0 saturated heterocycles. The standard InChI is InChI=1S/C8H9BrClF2N3/c1-4(2-5(11)12)15-8-6(9)7(10)13-3-14-8/h3-5H,2H2,1H3,(H,13,14,15). The van der Waals surface area contributed by atoms with Crippen molar-refractivity contribution >= 4 is 33.3 Å². The number of alkyl halides is 2. The van der Waals surface area contributed by atoms with Crippen LogP contribution in [-0.4, -0.2) is 22.4 Å². The van der Waals surface area contributed by atoms with Crippen LogP contribution in [0.15, 0.2) is 10.8 Å². The predicted molar refractivity (Wildman–Crippen MR) is 58.4 cm³/mol. The van der Waals surface area contributed by atoms with Crippen molar-refractivity contribution in [3.8, 4) is 0 Å². The van der Waals surface area contributed by atoms with Gasteiger partial charge >= 0.3 is 0 Å². The Kier molecular flexibility index (Phi) is 4.66. The third-order valence-electron chi connectivity index (χ3n) is 1.66. The summed E-state index contributed by atoms with van der Waals surface area (Å²) >= 11 is 8.88. The monoisotopic (exact) mass is 299 g/mol. The van der Waals surface area contributed by atoms with E-state index in [4.69, 9.17) is 11.6 Å². The molecule has 0 amide bonds. The first-order valence-electron chi connectivity index (χ1n) is 4.21. The van der Waals surface area contributed by atoms with Crippen LogP contribution in [0.5, 0.6) is 0 Å². The Hall–Kier alpha value is -0.490. The van der Waals surface area contributed by atoms with Crippen LogP contribution in [0.2, 0.25) is 5.15 Å². The number of hydrogen-bond donors (Lipinski definition) is 1. The molecular weight excluding hydrogens is 291 g/mol. The second-order valence-electron chi connectivity index (χ2n) is 3.00. The highest BCUT2D eigenvalue weighted by molar-refractivity contribution is 9.10. The Morgan fingerprint density at radius 1 is 1.53 bits per heavy atom. The van der Waals surface area contributed by atoms with E-state index in [1.54, 1.807) is 6.92 Å². The van der Waals surface area contributed by atoms with Gasteiger partial charge in [-0.3, -0.25) is 0 Å². The molecule has 84 valence electrons. The molecule has 1 aromatic rings. The van der Waals surface area contributed by atoms with Crippen molar-refractivity contribution in [3.63, 3.8) is 0 Å². The summed E-state index contributed by atoms with van der Waals surface area (Å²) in [5, 5.41) is 3.07. The lowest BCUT2D eigenvalue weighted by molar-refractivity contribution is 0.133. The Morgan fingerprint density at radius 2 is 2.20 bits per heavy atom. The molecule has 1 N–H and O–H groups in total. The number of halogens is 4. The molecule has 3 nitrogen and oxygen atoms in total. The number of hydrogen-bond acceptors (Lipinski definition) is 3. The largest absolute Gasteiger partial charge is 0.366 e. The third kappa shape index (κ3) is 3.87. The van der Waals surface area contributed by atoms with Gasteiger partial charge in [0.2, 0.25) is 6.43 Å². The molecule has 1 unspecified atom stereocenters. The lowest BCUT2D eigenvalue weighted by Crippen LogP contribution is -2.19. The molecule has 0 saturated carbocycles. The van der Waals surface area contributed by atoms with Crippen LogP contribution in [0.4, 0.5) is 14.6 Å². The lowest BCUT2D eigenvalue weighted by atomic mass is 10.2. The van der Waals surface area contributed by atoms with Crippen molar-refractivity contribution in [3.05, 3.63) is 16.0 Å². The van der Waals surface area contributed by atoms with E-state index >= 15 is 0 Å². The normalized spacial score (nSPS) is 12.9. The first kappa shape index (κ1) is 12.6. The zero-order valence-corrected chi connectivity index (χ0v) is 10.2. The fourth-order valence-electron chi connectivity index (χ4n) is 1.01. The summed E-state index contributed by atoms with van der Waals surface area (Å²) in [5.41, 5.74) is 0. The zero-order valence-electron chi connectivity index (χ0n) is 7.85. The molecule has 0 fully saturated rings. The van der Waals surface area contributed by atoms with Gasteiger partial charge in [0.15, 0.2) is 0 Å². The second-order valence-corrected chi connectivity index (χ2v) is 4.15. The van der Waals surface area contributed by atoms with Gasteiger partial charge in [-0.25, -0.2) is 18.7 Å². The van der Waals surface area contributed by atoms with E-state index in [0.717, 1.165) is 0 Å². The van der Waals surface area contributed by atoms with Crippen LogP contribution in [0, 0.1) is 0 Å². The molecule has 0 radical (unpaired) electrons. The third-order valence-corrected chi connectivity index (χ3v) is 2.93. The van der Waals surface area contributed by atoms with Gasteiger partial charge in [0.25, 0.3) is 0 Å². The van der Waals surface area contributed by atoms with Gasteiger partial charge in [0.1, 0.15) is 17.3 Å². The van der Waals surface area contributed by atoms with Crippen LogP contribution in [-0.2, 0) is 0 Å². The van der Waals surface area contributed by atoms with Gasteiger partial charge in [-0.05, 0) is 22.9 Å². The Balaban J connectivity index is 2.68. The van der Waals surface area contributed by atoms with Crippen LogP contribution < -0.4 is 5.32 Å². The molecule has 0 aliphatic heterocycles. The summed E-state index contributed by atoms with van der Waals surface area (Å²) in [6.45, 7) is 1.65. The van der Waals surface area contributed by atoms with Gasteiger partial charge in [-0.2, -0.15) is 0 Å². The molecule has 0 spiro atoms. The number of nitrogens with one attached hydrogen (secondary N) is 1. The smallest absolute Gasteiger partial charge is 0.240 e. The SMILES string of the molecule is CC(CC(F)F)Nc1ncnc(Cl)c1Br. The van der Waals surface area contributed by atoms with E-state index in [-0.39, 0.29) is 17.6 Å². The molecular formula is C8H9BrClF2N3. The Bertz CT molecular complexity index is 338. The highest BCUT2D eigenvalue weighted by Gasteiger charge is 2.13. The second kappa shape index (κ2) is 5.55. The molecule has 0 bridgehead atoms. The molecule has 1 atom stereocenters. The van der Waals surface area contributed by atoms with Gasteiger partial charge in [0.05, 0.1) is 4.47 Å². The summed E-state index contributed by atoms with van der Waals surface area (Å²) in [5.74, 6) is 0.420. The number of aromatic nitrogens is 2. The van der Waals surface area contributed by atoms with E-state index in [0.29, 0.717) is 10.3 Å². The summed E-state index contributed by atoms with van der Waals surface area (Å²) in [6, 6.07) is -0.382. The minimum Gasteiger partial charge on any atom is -0.366 e. The number of rotatable bonds is 4. The van der Waals surface area contributed by atoms with Crippen LogP contribution in [0.25, 0.3) is 0 Å². The van der Waals surface area contributed by atoms with Crippen molar-refractivity contribution in [2.24, 2.45) is 0 Å². The zero-order chi connectivity index (χ0) is 11.4. The Labute approximate surface area is 99.4 Å². The van der Waals surface area contributed by atoms with Gasteiger partial charge in [0, 0.05) is 12.5 Å². The van der Waals surface area contributed by atoms with Crippen molar-refractivity contribution in [2.75, 3.05) is 5.32 Å². The number of anilines is 1. The van der Waals surface area contributed by atoms with Crippen LogP contribution in [0.1, 0.15) is 13.3 Å². The summed E-state index contributed by atoms with van der Waals surface area (Å²) in [6.07, 6.45) is -1.32. The highest BCUT2D eigenvalue weighted by atomic mass is 79.9. The topological polar surface area (TPSA) is 37.8 Å². The molecule has 15 heavy (non-hydrogen) atoms. The molecule has 0 aromatic carbocycles. The van der Waals surface area contributed by atoms with E-state index in [1.807, 2.05) is 0 Å². The fourth-order valence-corrected chi connectivity index (χ4v) is 1.46. The molecule has 0 aliphatic carbocycles. The van der Waals surface area contributed by atoms with E-state index in [9.17, 15) is 8.78 Å². The maximum atomic E-state index is 12.1. The van der Waals surface area contributed by atoms with Gasteiger partial charge < -0.3 is 5.32 Å². The molecule has 1 rings (SSSR count). The average molecular weight is 301 g/mol. The number of nitrogens with zero attached hydrogens (tertiary/aromatic N) is 2. The summed E-state index contributed by atoms with van der Waals surface area (Å²) in [4.78, 5) is 7.61. The van der Waals surface area contributed by atoms with E-state index < -0.39 is 6.43 Å². The molecule has 1 heterocycles. The quantitative estimate of drug-likeness (QED) is 0.867. The van der Waals surface area contributed by atoms with Crippen molar-refractivity contribution < 1.29 is 8.78 Å². The molecule has 1 aromatic heterocycles. The minimum atomic E-state index is -2.34. The van der Waals surface area contributed by atoms with Gasteiger partial charge in [-0.1, -0.05) is 11.6 Å². The van der Waals surface area contributed by atoms with Crippen LogP contribution >= 0.6 is 27.5 Å². The van der Waals surface area contributed by atoms with E-state index in [1.165, 1.54) is 6.33 Å². The maximum Gasteiger partial charge on any atom is 0.240 e. The fraction of sp³-hybridized carbons (Fsp3) is 0.500. The first-order chi connectivity index (χ1) is 7.00. The lowest BCUT2D eigenvalue weighted by Gasteiger charge is -2.14. The van der Waals surface area contributed by atoms with Crippen LogP contribution in [0.3, 0.4) is 0 Å². The van der Waals surface area contributed by atoms with E-state index in [2.05, 4.69) is 31.2 Å². The van der Waals surface area contributed by atoms with Crippen molar-refractivity contribution in [1.82, 2.24) is 9.97 Å².